The lowest BCUT2D eigenvalue weighted by atomic mass is 10.2. The summed E-state index contributed by atoms with van der Waals surface area (Å²) in [6.45, 7) is 0.932. The van der Waals surface area contributed by atoms with Crippen LogP contribution in [0, 0.1) is 0 Å². The van der Waals surface area contributed by atoms with E-state index in [9.17, 15) is 13.2 Å². The standard InChI is InChI=1S/C21H26N2O6S/c1-27-17-10-8-16(14-19(17)29-3)22-21(24)15-7-9-18(28-2)20(13-15)30(25,26)23-11-5-4-6-12-23/h7-10,13-14H,4-6,11-12H2,1-3H3,(H,22,24). The fourth-order valence-electron chi connectivity index (χ4n) is 3.38. The van der Waals surface area contributed by atoms with E-state index >= 15 is 0 Å². The van der Waals surface area contributed by atoms with Crippen molar-refractivity contribution in [2.75, 3.05) is 39.7 Å². The highest BCUT2D eigenvalue weighted by molar-refractivity contribution is 7.89. The zero-order valence-electron chi connectivity index (χ0n) is 17.3. The van der Waals surface area contributed by atoms with E-state index in [1.807, 2.05) is 0 Å². The average molecular weight is 435 g/mol. The second-order valence-corrected chi connectivity index (χ2v) is 8.76. The average Bonchev–Trinajstić information content (AvgIpc) is 2.79. The van der Waals surface area contributed by atoms with E-state index in [1.54, 1.807) is 18.2 Å². The molecule has 30 heavy (non-hydrogen) atoms. The number of sulfonamides is 1. The molecule has 1 aliphatic rings. The molecule has 0 aliphatic carbocycles. The number of rotatable bonds is 7. The van der Waals surface area contributed by atoms with Gasteiger partial charge < -0.3 is 19.5 Å². The molecule has 1 fully saturated rings. The fourth-order valence-corrected chi connectivity index (χ4v) is 5.08. The first-order valence-electron chi connectivity index (χ1n) is 9.62. The Labute approximate surface area is 176 Å². The predicted molar refractivity (Wildman–Crippen MR) is 113 cm³/mol. The Kier molecular flexibility index (Phi) is 6.84. The quantitative estimate of drug-likeness (QED) is 0.720. The molecule has 162 valence electrons. The molecule has 0 unspecified atom stereocenters. The monoisotopic (exact) mass is 434 g/mol. The van der Waals surface area contributed by atoms with Gasteiger partial charge in [0, 0.05) is 30.4 Å². The van der Waals surface area contributed by atoms with Crippen LogP contribution >= 0.6 is 0 Å². The van der Waals surface area contributed by atoms with E-state index in [2.05, 4.69) is 5.32 Å². The molecule has 1 aliphatic heterocycles. The van der Waals surface area contributed by atoms with E-state index < -0.39 is 15.9 Å². The van der Waals surface area contributed by atoms with Gasteiger partial charge in [-0.15, -0.1) is 0 Å². The van der Waals surface area contributed by atoms with Crippen molar-refractivity contribution < 1.29 is 27.4 Å². The van der Waals surface area contributed by atoms with Gasteiger partial charge in [-0.1, -0.05) is 6.42 Å². The molecule has 0 bridgehead atoms. The number of hydrogen-bond acceptors (Lipinski definition) is 6. The third-order valence-corrected chi connectivity index (χ3v) is 6.92. The lowest BCUT2D eigenvalue weighted by molar-refractivity contribution is 0.102. The smallest absolute Gasteiger partial charge is 0.255 e. The van der Waals surface area contributed by atoms with Crippen molar-refractivity contribution in [3.05, 3.63) is 42.0 Å². The minimum absolute atomic E-state index is 0.00754. The molecule has 1 amide bonds. The highest BCUT2D eigenvalue weighted by atomic mass is 32.2. The van der Waals surface area contributed by atoms with E-state index in [1.165, 1.54) is 43.8 Å². The summed E-state index contributed by atoms with van der Waals surface area (Å²) < 4.78 is 43.4. The van der Waals surface area contributed by atoms with Crippen molar-refractivity contribution in [1.82, 2.24) is 4.31 Å². The maximum atomic E-state index is 13.1. The zero-order valence-corrected chi connectivity index (χ0v) is 18.1. The van der Waals surface area contributed by atoms with Crippen molar-refractivity contribution in [2.45, 2.75) is 24.2 Å². The molecule has 8 nitrogen and oxygen atoms in total. The number of amides is 1. The number of carbonyl (C=O) groups excluding carboxylic acids is 1. The fraction of sp³-hybridized carbons (Fsp3) is 0.381. The SMILES string of the molecule is COc1ccc(NC(=O)c2ccc(OC)c(S(=O)(=O)N3CCCCC3)c2)cc1OC. The summed E-state index contributed by atoms with van der Waals surface area (Å²) in [4.78, 5) is 12.8. The van der Waals surface area contributed by atoms with Crippen LogP contribution < -0.4 is 19.5 Å². The van der Waals surface area contributed by atoms with Gasteiger partial charge in [0.1, 0.15) is 10.6 Å². The van der Waals surface area contributed by atoms with Gasteiger partial charge in [0.15, 0.2) is 11.5 Å². The Morgan fingerprint density at radius 2 is 1.50 bits per heavy atom. The maximum absolute atomic E-state index is 13.1. The number of piperidine rings is 1. The van der Waals surface area contributed by atoms with Crippen molar-refractivity contribution in [3.8, 4) is 17.2 Å². The molecule has 3 rings (SSSR count). The summed E-state index contributed by atoms with van der Waals surface area (Å²) in [5.41, 5.74) is 0.704. The number of methoxy groups -OCH3 is 3. The van der Waals surface area contributed by atoms with Crippen LogP contribution in [0.4, 0.5) is 5.69 Å². The largest absolute Gasteiger partial charge is 0.495 e. The van der Waals surface area contributed by atoms with Crippen molar-refractivity contribution in [1.29, 1.82) is 0 Å². The summed E-state index contributed by atoms with van der Waals surface area (Å²) in [5.74, 6) is 0.775. The van der Waals surface area contributed by atoms with E-state index in [4.69, 9.17) is 14.2 Å². The van der Waals surface area contributed by atoms with Gasteiger partial charge in [-0.05, 0) is 43.2 Å². The highest BCUT2D eigenvalue weighted by Crippen LogP contribution is 2.32. The van der Waals surface area contributed by atoms with Crippen LogP contribution in [0.2, 0.25) is 0 Å². The molecule has 2 aromatic rings. The van der Waals surface area contributed by atoms with Gasteiger partial charge in [-0.25, -0.2) is 8.42 Å². The lowest BCUT2D eigenvalue weighted by Gasteiger charge is -2.26. The van der Waals surface area contributed by atoms with E-state index in [0.29, 0.717) is 30.3 Å². The van der Waals surface area contributed by atoms with Crippen LogP contribution in [0.3, 0.4) is 0 Å². The Morgan fingerprint density at radius 3 is 2.13 bits per heavy atom. The van der Waals surface area contributed by atoms with Crippen LogP contribution in [0.5, 0.6) is 17.2 Å². The number of anilines is 1. The van der Waals surface area contributed by atoms with Crippen LogP contribution in [0.1, 0.15) is 29.6 Å². The second-order valence-electron chi connectivity index (χ2n) is 6.85. The van der Waals surface area contributed by atoms with Crippen molar-refractivity contribution in [3.63, 3.8) is 0 Å². The predicted octanol–water partition coefficient (Wildman–Crippen LogP) is 3.14. The Bertz CT molecular complexity index is 1020. The van der Waals surface area contributed by atoms with Crippen LogP contribution in [-0.4, -0.2) is 53.0 Å². The molecule has 0 spiro atoms. The van der Waals surface area contributed by atoms with Crippen LogP contribution in [-0.2, 0) is 10.0 Å². The molecule has 0 aromatic heterocycles. The lowest BCUT2D eigenvalue weighted by Crippen LogP contribution is -2.35. The highest BCUT2D eigenvalue weighted by Gasteiger charge is 2.29. The van der Waals surface area contributed by atoms with Gasteiger partial charge in [-0.2, -0.15) is 4.31 Å². The van der Waals surface area contributed by atoms with Gasteiger partial charge in [-0.3, -0.25) is 4.79 Å². The number of carbonyl (C=O) groups is 1. The first kappa shape index (κ1) is 21.9. The number of nitrogens with one attached hydrogen (secondary N) is 1. The Morgan fingerprint density at radius 1 is 0.867 bits per heavy atom. The van der Waals surface area contributed by atoms with Crippen LogP contribution in [0.25, 0.3) is 0 Å². The summed E-state index contributed by atoms with van der Waals surface area (Å²) >= 11 is 0. The third-order valence-electron chi connectivity index (χ3n) is 5.00. The Balaban J connectivity index is 1.89. The van der Waals surface area contributed by atoms with Crippen molar-refractivity contribution in [2.24, 2.45) is 0 Å². The topological polar surface area (TPSA) is 94.2 Å². The number of hydrogen-bond donors (Lipinski definition) is 1. The van der Waals surface area contributed by atoms with Crippen molar-refractivity contribution >= 4 is 21.6 Å². The third kappa shape index (κ3) is 4.52. The number of nitrogens with zero attached hydrogens (tertiary/aromatic N) is 1. The van der Waals surface area contributed by atoms with Crippen LogP contribution in [0.15, 0.2) is 41.3 Å². The second kappa shape index (κ2) is 9.36. The van der Waals surface area contributed by atoms with Gasteiger partial charge >= 0.3 is 0 Å². The number of benzene rings is 2. The molecule has 0 saturated carbocycles. The molecule has 1 heterocycles. The van der Waals surface area contributed by atoms with Gasteiger partial charge in [0.25, 0.3) is 5.91 Å². The summed E-state index contributed by atoms with van der Waals surface area (Å²) in [5, 5.41) is 2.76. The minimum atomic E-state index is -3.76. The molecule has 9 heteroatoms. The maximum Gasteiger partial charge on any atom is 0.255 e. The first-order valence-corrected chi connectivity index (χ1v) is 11.1. The van der Waals surface area contributed by atoms with Gasteiger partial charge in [0.05, 0.1) is 21.3 Å². The summed E-state index contributed by atoms with van der Waals surface area (Å²) in [7, 11) is 0.679. The molecular formula is C21H26N2O6S. The molecule has 0 atom stereocenters. The minimum Gasteiger partial charge on any atom is -0.495 e. The molecule has 1 saturated heterocycles. The van der Waals surface area contributed by atoms with E-state index in [0.717, 1.165) is 19.3 Å². The first-order chi connectivity index (χ1) is 14.4. The zero-order chi connectivity index (χ0) is 21.7. The normalized spacial score (nSPS) is 14.8. The summed E-state index contributed by atoms with van der Waals surface area (Å²) in [6, 6.07) is 9.37. The number of ether oxygens (including phenoxy) is 3. The molecular weight excluding hydrogens is 408 g/mol. The Hall–Kier alpha value is -2.78. The van der Waals surface area contributed by atoms with E-state index in [-0.39, 0.29) is 16.2 Å². The molecule has 1 N–H and O–H groups in total. The summed E-state index contributed by atoms with van der Waals surface area (Å²) in [6.07, 6.45) is 2.65. The molecule has 0 radical (unpaired) electrons. The van der Waals surface area contributed by atoms with Gasteiger partial charge in [0.2, 0.25) is 10.0 Å². The molecule has 2 aromatic carbocycles.